The molecule has 5 aromatic carbocycles. The lowest BCUT2D eigenvalue weighted by Gasteiger charge is -2.51. The van der Waals surface area contributed by atoms with Gasteiger partial charge in [-0.2, -0.15) is 0 Å². The van der Waals surface area contributed by atoms with Crippen molar-refractivity contribution in [1.29, 1.82) is 0 Å². The first-order chi connectivity index (χ1) is 24.1. The molecule has 50 heavy (non-hydrogen) atoms. The number of nitrogens with zero attached hydrogens (tertiary/aromatic N) is 2. The molecule has 5 aromatic rings. The van der Waals surface area contributed by atoms with E-state index in [1.54, 1.807) is 0 Å². The first-order valence-corrected chi connectivity index (χ1v) is 17.7. The van der Waals surface area contributed by atoms with Gasteiger partial charge in [-0.25, -0.2) is 0 Å². The Morgan fingerprint density at radius 2 is 0.860 bits per heavy atom. The molecule has 0 saturated carbocycles. The molecule has 2 aliphatic heterocycles. The Morgan fingerprint density at radius 1 is 0.560 bits per heavy atom. The summed E-state index contributed by atoms with van der Waals surface area (Å²) in [5.41, 5.74) is 1.31. The summed E-state index contributed by atoms with van der Waals surface area (Å²) in [5, 5.41) is 67.2. The SMILES string of the molecule is Cc1cc(C[N+]2([O-])CCC[C@H]2C(O)(c2ccccc2)c2ccccc2)c(O)c(C[N+]2([O-])CCC[C@H]2C(O)(c2ccccc2)c2ccccc2)c1. The topological polar surface area (TPSA) is 107 Å². The molecule has 7 heteroatoms. The molecule has 2 aliphatic rings. The minimum absolute atomic E-state index is 0.0482. The van der Waals surface area contributed by atoms with Gasteiger partial charge in [0.05, 0.1) is 13.1 Å². The van der Waals surface area contributed by atoms with E-state index in [0.29, 0.717) is 72.2 Å². The number of aryl methyl sites for hydroxylation is 1. The first-order valence-electron chi connectivity index (χ1n) is 17.7. The Morgan fingerprint density at radius 3 is 1.16 bits per heavy atom. The maximum atomic E-state index is 15.0. The fraction of sp³-hybridized carbons (Fsp3) is 0.302. The average molecular weight is 671 g/mol. The number of hydroxylamine groups is 6. The average Bonchev–Trinajstić information content (AvgIpc) is 3.73. The molecular formula is C43H46N2O5. The van der Waals surface area contributed by atoms with E-state index in [0.717, 1.165) is 5.56 Å². The summed E-state index contributed by atoms with van der Waals surface area (Å²) in [6, 6.07) is 39.8. The van der Waals surface area contributed by atoms with E-state index in [4.69, 9.17) is 0 Å². The van der Waals surface area contributed by atoms with E-state index in [1.807, 2.05) is 140 Å². The Hall–Kier alpha value is -4.34. The van der Waals surface area contributed by atoms with Crippen molar-refractivity contribution in [3.63, 3.8) is 0 Å². The second-order valence-corrected chi connectivity index (χ2v) is 14.4. The molecule has 0 aliphatic carbocycles. The highest BCUT2D eigenvalue weighted by Crippen LogP contribution is 2.47. The number of aromatic hydroxyl groups is 1. The molecule has 3 N–H and O–H groups in total. The summed E-state index contributed by atoms with van der Waals surface area (Å²) < 4.78 is -1.42. The van der Waals surface area contributed by atoms with Gasteiger partial charge in [-0.3, -0.25) is 0 Å². The lowest BCUT2D eigenvalue weighted by Crippen LogP contribution is -2.57. The van der Waals surface area contributed by atoms with Crippen LogP contribution in [0.15, 0.2) is 133 Å². The van der Waals surface area contributed by atoms with Crippen molar-refractivity contribution in [1.82, 2.24) is 0 Å². The molecule has 2 saturated heterocycles. The third-order valence-corrected chi connectivity index (χ3v) is 11.3. The highest BCUT2D eigenvalue weighted by Gasteiger charge is 2.53. The fourth-order valence-electron chi connectivity index (χ4n) is 8.99. The van der Waals surface area contributed by atoms with Gasteiger partial charge < -0.3 is 35.0 Å². The number of hydrogen-bond donors (Lipinski definition) is 3. The maximum Gasteiger partial charge on any atom is 0.167 e. The van der Waals surface area contributed by atoms with Crippen molar-refractivity contribution >= 4 is 0 Å². The van der Waals surface area contributed by atoms with Gasteiger partial charge in [0.25, 0.3) is 0 Å². The predicted octanol–water partition coefficient (Wildman–Crippen LogP) is 7.53. The molecule has 0 aromatic heterocycles. The number of likely N-dealkylation sites (tertiary alicyclic amines) is 2. The van der Waals surface area contributed by atoms with Crippen LogP contribution in [0.4, 0.5) is 0 Å². The molecule has 0 radical (unpaired) electrons. The van der Waals surface area contributed by atoms with Crippen LogP contribution in [0.5, 0.6) is 5.75 Å². The van der Waals surface area contributed by atoms with Gasteiger partial charge >= 0.3 is 0 Å². The third-order valence-electron chi connectivity index (χ3n) is 11.3. The van der Waals surface area contributed by atoms with Gasteiger partial charge in [-0.1, -0.05) is 121 Å². The second-order valence-electron chi connectivity index (χ2n) is 14.4. The molecule has 258 valence electrons. The van der Waals surface area contributed by atoms with Crippen molar-refractivity contribution in [2.75, 3.05) is 13.1 Å². The standard InChI is InChI=1S/C43H46N2O5/c1-32-28-33(30-44(49)26-14-24-39(44)42(47,35-16-6-2-7-17-35)36-18-8-3-9-19-36)41(46)34(29-32)31-45(50)27-15-25-40(45)43(48,37-20-10-4-11-21-37)38-22-12-5-13-23-38/h2-13,16-23,28-29,39-40,46-48H,14-15,24-27,30-31H2,1H3/t39-,40-,44?,45?/m0/s1. The summed E-state index contributed by atoms with van der Waals surface area (Å²) in [6.45, 7) is 2.40. The molecule has 2 heterocycles. The van der Waals surface area contributed by atoms with Gasteiger partial charge in [0.15, 0.2) is 11.2 Å². The van der Waals surface area contributed by atoms with E-state index < -0.39 is 32.6 Å². The van der Waals surface area contributed by atoms with Crippen LogP contribution in [-0.4, -0.2) is 49.8 Å². The Balaban J connectivity index is 1.24. The number of phenols is 1. The van der Waals surface area contributed by atoms with Gasteiger partial charge in [-0.15, -0.1) is 0 Å². The molecule has 0 bridgehead atoms. The molecule has 7 rings (SSSR count). The normalized spacial score (nSPS) is 24.0. The zero-order valence-electron chi connectivity index (χ0n) is 28.6. The number of benzene rings is 5. The van der Waals surface area contributed by atoms with Crippen LogP contribution in [0.2, 0.25) is 0 Å². The van der Waals surface area contributed by atoms with Crippen molar-refractivity contribution in [3.8, 4) is 5.75 Å². The van der Waals surface area contributed by atoms with Crippen molar-refractivity contribution in [2.45, 2.75) is 69.0 Å². The quantitative estimate of drug-likeness (QED) is 0.105. The van der Waals surface area contributed by atoms with E-state index in [2.05, 4.69) is 0 Å². The van der Waals surface area contributed by atoms with Crippen molar-refractivity contribution in [3.05, 3.63) is 183 Å². The van der Waals surface area contributed by atoms with Crippen LogP contribution in [-0.2, 0) is 24.3 Å². The Kier molecular flexibility index (Phi) is 9.16. The highest BCUT2D eigenvalue weighted by atomic mass is 16.6. The lowest BCUT2D eigenvalue weighted by atomic mass is 9.78. The van der Waals surface area contributed by atoms with Crippen LogP contribution in [0.25, 0.3) is 0 Å². The van der Waals surface area contributed by atoms with Gasteiger partial charge in [0.1, 0.15) is 30.9 Å². The van der Waals surface area contributed by atoms with Gasteiger partial charge in [0.2, 0.25) is 0 Å². The van der Waals surface area contributed by atoms with Crippen LogP contribution in [0.3, 0.4) is 0 Å². The number of rotatable bonds is 10. The largest absolute Gasteiger partial charge is 0.632 e. The van der Waals surface area contributed by atoms with Crippen LogP contribution >= 0.6 is 0 Å². The summed E-state index contributed by atoms with van der Waals surface area (Å²) >= 11 is 0. The fourth-order valence-corrected chi connectivity index (χ4v) is 8.99. The summed E-state index contributed by atoms with van der Waals surface area (Å²) in [6.07, 6.45) is 2.30. The van der Waals surface area contributed by atoms with Crippen LogP contribution < -0.4 is 0 Å². The lowest BCUT2D eigenvalue weighted by molar-refractivity contribution is -0.913. The van der Waals surface area contributed by atoms with Gasteiger partial charge in [-0.05, 0) is 46.9 Å². The predicted molar refractivity (Wildman–Crippen MR) is 195 cm³/mol. The number of quaternary nitrogens is 2. The number of hydrogen-bond acceptors (Lipinski definition) is 5. The molecule has 2 unspecified atom stereocenters. The molecule has 0 spiro atoms. The second kappa shape index (κ2) is 13.4. The first kappa shape index (κ1) is 34.1. The molecule has 0 amide bonds. The van der Waals surface area contributed by atoms with E-state index in [1.165, 1.54) is 0 Å². The minimum Gasteiger partial charge on any atom is -0.632 e. The number of aliphatic hydroxyl groups is 2. The van der Waals surface area contributed by atoms with Crippen molar-refractivity contribution in [2.24, 2.45) is 0 Å². The summed E-state index contributed by atoms with van der Waals surface area (Å²) in [4.78, 5) is 0. The number of phenolic OH excluding ortho intramolecular Hbond substituents is 1. The monoisotopic (exact) mass is 670 g/mol. The maximum absolute atomic E-state index is 15.0. The zero-order valence-corrected chi connectivity index (χ0v) is 28.6. The molecular weight excluding hydrogens is 624 g/mol. The van der Waals surface area contributed by atoms with E-state index >= 15 is 10.4 Å². The third kappa shape index (κ3) is 5.94. The molecule has 2 fully saturated rings. The summed E-state index contributed by atoms with van der Waals surface area (Å²) in [7, 11) is 0. The highest BCUT2D eigenvalue weighted by molar-refractivity contribution is 5.44. The van der Waals surface area contributed by atoms with Crippen LogP contribution in [0, 0.1) is 17.3 Å². The van der Waals surface area contributed by atoms with E-state index in [-0.39, 0.29) is 18.8 Å². The van der Waals surface area contributed by atoms with Crippen LogP contribution in [0.1, 0.15) is 64.6 Å². The van der Waals surface area contributed by atoms with Gasteiger partial charge in [0, 0.05) is 36.8 Å². The smallest absolute Gasteiger partial charge is 0.167 e. The minimum atomic E-state index is -1.55. The van der Waals surface area contributed by atoms with Crippen molar-refractivity contribution < 1.29 is 24.6 Å². The molecule has 4 atom stereocenters. The summed E-state index contributed by atoms with van der Waals surface area (Å²) in [5.74, 6) is -0.0560. The zero-order chi connectivity index (χ0) is 35.0. The Labute approximate surface area is 294 Å². The molecule has 7 nitrogen and oxygen atoms in total. The van der Waals surface area contributed by atoms with E-state index in [9.17, 15) is 15.3 Å². The Bertz CT molecular complexity index is 1690.